The van der Waals surface area contributed by atoms with E-state index in [9.17, 15) is 0 Å². The molecule has 1 fully saturated rings. The van der Waals surface area contributed by atoms with Crippen molar-refractivity contribution >= 4 is 5.82 Å². The number of aromatic nitrogens is 2. The first-order chi connectivity index (χ1) is 6.83. The van der Waals surface area contributed by atoms with Gasteiger partial charge in [-0.05, 0) is 24.8 Å². The zero-order valence-electron chi connectivity index (χ0n) is 8.43. The van der Waals surface area contributed by atoms with E-state index in [4.69, 9.17) is 5.73 Å². The van der Waals surface area contributed by atoms with Crippen LogP contribution in [-0.2, 0) is 0 Å². The number of rotatable bonds is 4. The molecule has 1 atom stereocenters. The highest BCUT2D eigenvalue weighted by Gasteiger charge is 2.33. The summed E-state index contributed by atoms with van der Waals surface area (Å²) >= 11 is 0. The lowest BCUT2D eigenvalue weighted by atomic mass is 10.1. The molecule has 0 amide bonds. The monoisotopic (exact) mass is 192 g/mol. The van der Waals surface area contributed by atoms with Crippen molar-refractivity contribution in [3.05, 3.63) is 18.6 Å². The Hall–Kier alpha value is -1.16. The Morgan fingerprint density at radius 1 is 1.64 bits per heavy atom. The van der Waals surface area contributed by atoms with Crippen molar-refractivity contribution in [1.82, 2.24) is 9.97 Å². The minimum atomic E-state index is 0.435. The molecule has 1 aromatic heterocycles. The first-order valence-corrected chi connectivity index (χ1v) is 5.02. The SMILES string of the molecule is CN(c1ccncn1)C(CN)C1CC1. The zero-order valence-corrected chi connectivity index (χ0v) is 8.43. The minimum Gasteiger partial charge on any atom is -0.355 e. The number of likely N-dealkylation sites (N-methyl/N-ethyl adjacent to an activating group) is 1. The van der Waals surface area contributed by atoms with Crippen LogP contribution < -0.4 is 10.6 Å². The Labute approximate surface area is 84.2 Å². The fourth-order valence-corrected chi connectivity index (χ4v) is 1.81. The standard InChI is InChI=1S/C10H16N4/c1-14(9(6-11)8-2-3-8)10-4-5-12-7-13-10/h4-5,7-9H,2-3,6,11H2,1H3. The molecule has 4 nitrogen and oxygen atoms in total. The highest BCUT2D eigenvalue weighted by Crippen LogP contribution is 2.35. The van der Waals surface area contributed by atoms with Gasteiger partial charge in [-0.2, -0.15) is 0 Å². The van der Waals surface area contributed by atoms with Crippen LogP contribution in [0.1, 0.15) is 12.8 Å². The zero-order chi connectivity index (χ0) is 9.97. The van der Waals surface area contributed by atoms with Gasteiger partial charge in [0.1, 0.15) is 12.1 Å². The molecule has 0 radical (unpaired) electrons. The number of nitrogens with two attached hydrogens (primary N) is 1. The molecule has 14 heavy (non-hydrogen) atoms. The molecular weight excluding hydrogens is 176 g/mol. The number of nitrogens with zero attached hydrogens (tertiary/aromatic N) is 3. The van der Waals surface area contributed by atoms with Gasteiger partial charge in [-0.15, -0.1) is 0 Å². The third-order valence-corrected chi connectivity index (χ3v) is 2.83. The summed E-state index contributed by atoms with van der Waals surface area (Å²) in [5.74, 6) is 1.72. The fraction of sp³-hybridized carbons (Fsp3) is 0.600. The molecule has 0 bridgehead atoms. The third-order valence-electron chi connectivity index (χ3n) is 2.83. The van der Waals surface area contributed by atoms with Crippen LogP contribution in [-0.4, -0.2) is 29.6 Å². The smallest absolute Gasteiger partial charge is 0.131 e. The number of hydrogen-bond acceptors (Lipinski definition) is 4. The normalized spacial score (nSPS) is 17.9. The van der Waals surface area contributed by atoms with Crippen LogP contribution in [0.2, 0.25) is 0 Å². The maximum Gasteiger partial charge on any atom is 0.131 e. The lowest BCUT2D eigenvalue weighted by Crippen LogP contribution is -2.40. The molecular formula is C10H16N4. The molecule has 1 aliphatic carbocycles. The summed E-state index contributed by atoms with van der Waals surface area (Å²) in [4.78, 5) is 10.3. The van der Waals surface area contributed by atoms with Crippen molar-refractivity contribution in [3.63, 3.8) is 0 Å². The molecule has 1 heterocycles. The minimum absolute atomic E-state index is 0.435. The van der Waals surface area contributed by atoms with Gasteiger partial charge in [0, 0.05) is 25.8 Å². The van der Waals surface area contributed by atoms with E-state index in [0.717, 1.165) is 11.7 Å². The van der Waals surface area contributed by atoms with E-state index in [1.54, 1.807) is 12.5 Å². The molecule has 0 saturated heterocycles. The molecule has 1 aliphatic rings. The number of hydrogen-bond donors (Lipinski definition) is 1. The van der Waals surface area contributed by atoms with Crippen molar-refractivity contribution in [2.45, 2.75) is 18.9 Å². The molecule has 0 aromatic carbocycles. The van der Waals surface area contributed by atoms with E-state index in [2.05, 4.69) is 21.9 Å². The van der Waals surface area contributed by atoms with Gasteiger partial charge in [0.05, 0.1) is 0 Å². The first kappa shape index (κ1) is 9.40. The summed E-state index contributed by atoms with van der Waals surface area (Å²) in [6.07, 6.45) is 5.94. The van der Waals surface area contributed by atoms with E-state index in [1.165, 1.54) is 12.8 Å². The van der Waals surface area contributed by atoms with Crippen LogP contribution in [0.3, 0.4) is 0 Å². The van der Waals surface area contributed by atoms with Gasteiger partial charge in [-0.25, -0.2) is 9.97 Å². The van der Waals surface area contributed by atoms with Crippen LogP contribution in [0.4, 0.5) is 5.82 Å². The molecule has 1 saturated carbocycles. The van der Waals surface area contributed by atoms with E-state index >= 15 is 0 Å². The highest BCUT2D eigenvalue weighted by molar-refractivity contribution is 5.37. The molecule has 1 unspecified atom stereocenters. The van der Waals surface area contributed by atoms with E-state index < -0.39 is 0 Å². The van der Waals surface area contributed by atoms with Crippen LogP contribution in [0.25, 0.3) is 0 Å². The van der Waals surface area contributed by atoms with Gasteiger partial charge in [-0.1, -0.05) is 0 Å². The Balaban J connectivity index is 2.09. The maximum atomic E-state index is 5.77. The van der Waals surface area contributed by atoms with Crippen molar-refractivity contribution in [3.8, 4) is 0 Å². The van der Waals surface area contributed by atoms with Crippen molar-refractivity contribution in [2.75, 3.05) is 18.5 Å². The maximum absolute atomic E-state index is 5.77. The number of anilines is 1. The molecule has 2 N–H and O–H groups in total. The van der Waals surface area contributed by atoms with Gasteiger partial charge < -0.3 is 10.6 Å². The van der Waals surface area contributed by atoms with Crippen LogP contribution in [0.5, 0.6) is 0 Å². The Kier molecular flexibility index (Phi) is 2.63. The lowest BCUT2D eigenvalue weighted by Gasteiger charge is -2.27. The van der Waals surface area contributed by atoms with Crippen LogP contribution in [0, 0.1) is 5.92 Å². The van der Waals surface area contributed by atoms with Crippen molar-refractivity contribution < 1.29 is 0 Å². The van der Waals surface area contributed by atoms with Gasteiger partial charge in [-0.3, -0.25) is 0 Å². The summed E-state index contributed by atoms with van der Waals surface area (Å²) in [5, 5.41) is 0. The largest absolute Gasteiger partial charge is 0.355 e. The second-order valence-electron chi connectivity index (χ2n) is 3.82. The molecule has 4 heteroatoms. The predicted molar refractivity (Wildman–Crippen MR) is 56.0 cm³/mol. The Morgan fingerprint density at radius 3 is 2.93 bits per heavy atom. The molecule has 0 aliphatic heterocycles. The molecule has 0 spiro atoms. The van der Waals surface area contributed by atoms with E-state index in [-0.39, 0.29) is 0 Å². The predicted octanol–water partition coefficient (Wildman–Crippen LogP) is 0.650. The molecule has 76 valence electrons. The Bertz CT molecular complexity index is 283. The van der Waals surface area contributed by atoms with Gasteiger partial charge >= 0.3 is 0 Å². The van der Waals surface area contributed by atoms with Crippen LogP contribution >= 0.6 is 0 Å². The second kappa shape index (κ2) is 3.92. The summed E-state index contributed by atoms with van der Waals surface area (Å²) in [6, 6.07) is 2.36. The van der Waals surface area contributed by atoms with Gasteiger partial charge in [0.25, 0.3) is 0 Å². The topological polar surface area (TPSA) is 55.0 Å². The molecule has 1 aromatic rings. The highest BCUT2D eigenvalue weighted by atomic mass is 15.2. The summed E-state index contributed by atoms with van der Waals surface area (Å²) in [6.45, 7) is 0.700. The van der Waals surface area contributed by atoms with Gasteiger partial charge in [0.2, 0.25) is 0 Å². The fourth-order valence-electron chi connectivity index (χ4n) is 1.81. The molecule has 2 rings (SSSR count). The summed E-state index contributed by atoms with van der Waals surface area (Å²) in [7, 11) is 2.05. The summed E-state index contributed by atoms with van der Waals surface area (Å²) < 4.78 is 0. The Morgan fingerprint density at radius 2 is 2.43 bits per heavy atom. The average Bonchev–Trinajstić information content (AvgIpc) is 3.04. The lowest BCUT2D eigenvalue weighted by molar-refractivity contribution is 0.566. The summed E-state index contributed by atoms with van der Waals surface area (Å²) in [5.41, 5.74) is 5.77. The second-order valence-corrected chi connectivity index (χ2v) is 3.82. The van der Waals surface area contributed by atoms with Gasteiger partial charge in [0.15, 0.2) is 0 Å². The van der Waals surface area contributed by atoms with Crippen LogP contribution in [0.15, 0.2) is 18.6 Å². The third kappa shape index (κ3) is 1.85. The average molecular weight is 192 g/mol. The van der Waals surface area contributed by atoms with E-state index in [1.807, 2.05) is 6.07 Å². The van der Waals surface area contributed by atoms with Crippen molar-refractivity contribution in [2.24, 2.45) is 11.7 Å². The quantitative estimate of drug-likeness (QED) is 0.761. The van der Waals surface area contributed by atoms with Crippen molar-refractivity contribution in [1.29, 1.82) is 0 Å². The van der Waals surface area contributed by atoms with E-state index in [0.29, 0.717) is 12.6 Å². The first-order valence-electron chi connectivity index (χ1n) is 5.02.